The lowest BCUT2D eigenvalue weighted by atomic mass is 9.96. The van der Waals surface area contributed by atoms with Crippen LogP contribution in [0, 0.1) is 0 Å². The van der Waals surface area contributed by atoms with Crippen molar-refractivity contribution in [2.24, 2.45) is 0 Å². The van der Waals surface area contributed by atoms with E-state index in [1.807, 2.05) is 30.3 Å². The number of nitrogens with one attached hydrogen (secondary N) is 1. The third kappa shape index (κ3) is 4.50. The van der Waals surface area contributed by atoms with E-state index in [4.69, 9.17) is 16.3 Å². The number of carbonyl (C=O) groups excluding carboxylic acids is 1. The van der Waals surface area contributed by atoms with E-state index in [2.05, 4.69) is 21.2 Å². The standard InChI is InChI=1S/C13H17BrClNO2/c1-2-18-12(17)16-10-13(14,8-9-15)11-6-4-3-5-7-11/h3-7H,2,8-10H2,1H3,(H,16,17). The van der Waals surface area contributed by atoms with Gasteiger partial charge in [0.25, 0.3) is 0 Å². The molecule has 1 atom stereocenters. The number of benzene rings is 1. The molecule has 1 rings (SSSR count). The molecule has 0 aliphatic rings. The minimum atomic E-state index is -0.410. The van der Waals surface area contributed by atoms with Gasteiger partial charge in [-0.05, 0) is 18.9 Å². The molecule has 1 amide bonds. The van der Waals surface area contributed by atoms with Crippen molar-refractivity contribution in [3.63, 3.8) is 0 Å². The molecule has 0 radical (unpaired) electrons. The molecule has 0 saturated carbocycles. The van der Waals surface area contributed by atoms with Gasteiger partial charge in [-0.1, -0.05) is 46.3 Å². The summed E-state index contributed by atoms with van der Waals surface area (Å²) in [5.74, 6) is 0.505. The Morgan fingerprint density at radius 1 is 1.44 bits per heavy atom. The molecule has 100 valence electrons. The number of ether oxygens (including phenoxy) is 1. The van der Waals surface area contributed by atoms with Gasteiger partial charge in [0.2, 0.25) is 0 Å². The van der Waals surface area contributed by atoms with Crippen LogP contribution >= 0.6 is 27.5 Å². The summed E-state index contributed by atoms with van der Waals surface area (Å²) >= 11 is 9.52. The van der Waals surface area contributed by atoms with E-state index in [9.17, 15) is 4.79 Å². The first kappa shape index (κ1) is 15.3. The number of alkyl halides is 2. The molecule has 0 aromatic heterocycles. The molecule has 0 bridgehead atoms. The monoisotopic (exact) mass is 333 g/mol. The van der Waals surface area contributed by atoms with E-state index in [0.717, 1.165) is 5.56 Å². The number of rotatable bonds is 6. The SMILES string of the molecule is CCOC(=O)NCC(Br)(CCCl)c1ccccc1. The van der Waals surface area contributed by atoms with Gasteiger partial charge in [0, 0.05) is 12.4 Å². The van der Waals surface area contributed by atoms with Gasteiger partial charge >= 0.3 is 6.09 Å². The summed E-state index contributed by atoms with van der Waals surface area (Å²) < 4.78 is 4.49. The maximum absolute atomic E-state index is 11.3. The van der Waals surface area contributed by atoms with Crippen LogP contribution in [0.15, 0.2) is 30.3 Å². The summed E-state index contributed by atoms with van der Waals surface area (Å²) in [7, 11) is 0. The van der Waals surface area contributed by atoms with Crippen LogP contribution < -0.4 is 5.32 Å². The minimum absolute atomic E-state index is 0.358. The van der Waals surface area contributed by atoms with Crippen molar-refractivity contribution in [3.05, 3.63) is 35.9 Å². The predicted molar refractivity (Wildman–Crippen MR) is 77.4 cm³/mol. The Morgan fingerprint density at radius 2 is 2.11 bits per heavy atom. The molecule has 3 nitrogen and oxygen atoms in total. The van der Waals surface area contributed by atoms with Crippen molar-refractivity contribution in [1.29, 1.82) is 0 Å². The van der Waals surface area contributed by atoms with Gasteiger partial charge in [0.15, 0.2) is 0 Å². The molecule has 0 heterocycles. The Kier molecular flexibility index (Phi) is 6.50. The maximum Gasteiger partial charge on any atom is 0.407 e. The Labute approximate surface area is 121 Å². The van der Waals surface area contributed by atoms with Crippen LogP contribution in [0.4, 0.5) is 4.79 Å². The molecule has 5 heteroatoms. The van der Waals surface area contributed by atoms with Gasteiger partial charge in [0.05, 0.1) is 10.9 Å². The average molecular weight is 335 g/mol. The highest BCUT2D eigenvalue weighted by molar-refractivity contribution is 9.09. The minimum Gasteiger partial charge on any atom is -0.450 e. The second kappa shape index (κ2) is 7.64. The van der Waals surface area contributed by atoms with Gasteiger partial charge in [0.1, 0.15) is 0 Å². The van der Waals surface area contributed by atoms with E-state index in [-0.39, 0.29) is 4.32 Å². The molecule has 1 N–H and O–H groups in total. The molecular weight excluding hydrogens is 318 g/mol. The Bertz CT molecular complexity index is 375. The van der Waals surface area contributed by atoms with Crippen LogP contribution in [0.3, 0.4) is 0 Å². The number of hydrogen-bond acceptors (Lipinski definition) is 2. The van der Waals surface area contributed by atoms with E-state index in [0.29, 0.717) is 25.5 Å². The van der Waals surface area contributed by atoms with Gasteiger partial charge in [-0.3, -0.25) is 0 Å². The summed E-state index contributed by atoms with van der Waals surface area (Å²) in [6.45, 7) is 2.57. The van der Waals surface area contributed by atoms with Crippen LogP contribution in [0.2, 0.25) is 0 Å². The van der Waals surface area contributed by atoms with Gasteiger partial charge in [-0.15, -0.1) is 11.6 Å². The molecule has 0 aliphatic carbocycles. The molecule has 1 aromatic rings. The third-order valence-corrected chi connectivity index (χ3v) is 3.89. The second-order valence-corrected chi connectivity index (χ2v) is 5.74. The second-order valence-electron chi connectivity index (χ2n) is 3.84. The average Bonchev–Trinajstić information content (AvgIpc) is 2.38. The van der Waals surface area contributed by atoms with Gasteiger partial charge in [-0.25, -0.2) is 4.79 Å². The Morgan fingerprint density at radius 3 is 2.67 bits per heavy atom. The molecule has 0 aliphatic heterocycles. The van der Waals surface area contributed by atoms with Crippen LogP contribution in [0.25, 0.3) is 0 Å². The van der Waals surface area contributed by atoms with Crippen molar-refractivity contribution < 1.29 is 9.53 Å². The summed E-state index contributed by atoms with van der Waals surface area (Å²) in [6.07, 6.45) is 0.303. The fourth-order valence-electron chi connectivity index (χ4n) is 1.62. The first-order valence-electron chi connectivity index (χ1n) is 5.83. The lowest BCUT2D eigenvalue weighted by Crippen LogP contribution is -2.37. The van der Waals surface area contributed by atoms with Crippen molar-refractivity contribution >= 4 is 33.6 Å². The van der Waals surface area contributed by atoms with E-state index < -0.39 is 6.09 Å². The zero-order valence-corrected chi connectivity index (χ0v) is 12.6. The van der Waals surface area contributed by atoms with E-state index in [1.165, 1.54) is 0 Å². The molecule has 18 heavy (non-hydrogen) atoms. The lowest BCUT2D eigenvalue weighted by Gasteiger charge is -2.27. The first-order chi connectivity index (χ1) is 8.62. The highest BCUT2D eigenvalue weighted by Gasteiger charge is 2.28. The quantitative estimate of drug-likeness (QED) is 0.806. The number of hydrogen-bond donors (Lipinski definition) is 1. The highest BCUT2D eigenvalue weighted by Crippen LogP contribution is 2.34. The molecule has 1 aromatic carbocycles. The van der Waals surface area contributed by atoms with Crippen LogP contribution in [0.1, 0.15) is 18.9 Å². The largest absolute Gasteiger partial charge is 0.450 e. The topological polar surface area (TPSA) is 38.3 Å². The lowest BCUT2D eigenvalue weighted by molar-refractivity contribution is 0.151. The number of halogens is 2. The summed E-state index contributed by atoms with van der Waals surface area (Å²) in [4.78, 5) is 11.3. The molecule has 0 saturated heterocycles. The molecular formula is C13H17BrClNO2. The fraction of sp³-hybridized carbons (Fsp3) is 0.462. The zero-order chi connectivity index (χ0) is 13.4. The molecule has 1 unspecified atom stereocenters. The first-order valence-corrected chi connectivity index (χ1v) is 7.16. The van der Waals surface area contributed by atoms with Crippen molar-refractivity contribution in [3.8, 4) is 0 Å². The van der Waals surface area contributed by atoms with Crippen molar-refractivity contribution in [2.75, 3.05) is 19.0 Å². The fourth-order valence-corrected chi connectivity index (χ4v) is 2.77. The number of carbonyl (C=O) groups is 1. The third-order valence-electron chi connectivity index (χ3n) is 2.57. The maximum atomic E-state index is 11.3. The smallest absolute Gasteiger partial charge is 0.407 e. The zero-order valence-electron chi connectivity index (χ0n) is 10.3. The Balaban J connectivity index is 2.72. The van der Waals surface area contributed by atoms with Crippen LogP contribution in [0.5, 0.6) is 0 Å². The summed E-state index contributed by atoms with van der Waals surface area (Å²) in [6, 6.07) is 9.90. The van der Waals surface area contributed by atoms with E-state index >= 15 is 0 Å². The van der Waals surface area contributed by atoms with Crippen molar-refractivity contribution in [2.45, 2.75) is 17.7 Å². The van der Waals surface area contributed by atoms with E-state index in [1.54, 1.807) is 6.92 Å². The highest BCUT2D eigenvalue weighted by atomic mass is 79.9. The predicted octanol–water partition coefficient (Wildman–Crippen LogP) is 3.65. The van der Waals surface area contributed by atoms with Crippen molar-refractivity contribution in [1.82, 2.24) is 5.32 Å². The van der Waals surface area contributed by atoms with Crippen LogP contribution in [-0.2, 0) is 9.06 Å². The molecule has 0 fully saturated rings. The normalized spacial score (nSPS) is 13.7. The Hall–Kier alpha value is -0.740. The van der Waals surface area contributed by atoms with Gasteiger partial charge in [-0.2, -0.15) is 0 Å². The summed E-state index contributed by atoms with van der Waals surface area (Å²) in [5, 5.41) is 2.74. The van der Waals surface area contributed by atoms with Gasteiger partial charge < -0.3 is 10.1 Å². The molecule has 0 spiro atoms. The summed E-state index contributed by atoms with van der Waals surface area (Å²) in [5.41, 5.74) is 1.09. The number of amides is 1. The van der Waals surface area contributed by atoms with Crippen LogP contribution in [-0.4, -0.2) is 25.1 Å². The number of alkyl carbamates (subject to hydrolysis) is 1.